The van der Waals surface area contributed by atoms with E-state index in [9.17, 15) is 4.79 Å². The number of nitrogens with zero attached hydrogens (tertiary/aromatic N) is 4. The minimum Gasteiger partial charge on any atom is -0.497 e. The van der Waals surface area contributed by atoms with Crippen LogP contribution in [-0.2, 0) is 13.6 Å². The number of aromatic nitrogens is 3. The first kappa shape index (κ1) is 16.4. The largest absolute Gasteiger partial charge is 0.497 e. The minimum atomic E-state index is -0.00619. The molecule has 1 aromatic carbocycles. The molecule has 3 rings (SSSR count). The van der Waals surface area contributed by atoms with E-state index in [0.29, 0.717) is 6.54 Å². The molecule has 0 radical (unpaired) electrons. The van der Waals surface area contributed by atoms with Crippen molar-refractivity contribution in [2.75, 3.05) is 14.2 Å². The summed E-state index contributed by atoms with van der Waals surface area (Å²) in [6.45, 7) is 4.29. The monoisotopic (exact) mass is 344 g/mol. The van der Waals surface area contributed by atoms with E-state index < -0.39 is 0 Å². The summed E-state index contributed by atoms with van der Waals surface area (Å²) in [4.78, 5) is 15.3. The Kier molecular flexibility index (Phi) is 4.28. The van der Waals surface area contributed by atoms with Crippen molar-refractivity contribution >= 4 is 27.3 Å². The third-order valence-corrected chi connectivity index (χ3v) is 5.51. The van der Waals surface area contributed by atoms with Gasteiger partial charge in [0.1, 0.15) is 11.6 Å². The second-order valence-corrected chi connectivity index (χ2v) is 6.85. The van der Waals surface area contributed by atoms with Crippen LogP contribution >= 0.6 is 11.3 Å². The average molecular weight is 344 g/mol. The van der Waals surface area contributed by atoms with Gasteiger partial charge in [-0.25, -0.2) is 0 Å². The molecule has 6 nitrogen and oxygen atoms in total. The predicted octanol–water partition coefficient (Wildman–Crippen LogP) is 2.93. The lowest BCUT2D eigenvalue weighted by Gasteiger charge is -2.16. The maximum atomic E-state index is 12.9. The van der Waals surface area contributed by atoms with Gasteiger partial charge in [-0.2, -0.15) is 0 Å². The number of thiophene rings is 1. The molecule has 126 valence electrons. The summed E-state index contributed by atoms with van der Waals surface area (Å²) >= 11 is 1.51. The Hall–Kier alpha value is -2.41. The topological polar surface area (TPSA) is 60.2 Å². The van der Waals surface area contributed by atoms with E-state index in [4.69, 9.17) is 4.74 Å². The fourth-order valence-corrected chi connectivity index (χ4v) is 3.76. The van der Waals surface area contributed by atoms with Crippen LogP contribution in [0, 0.1) is 13.8 Å². The maximum absolute atomic E-state index is 12.9. The third-order valence-electron chi connectivity index (χ3n) is 4.25. The van der Waals surface area contributed by atoms with Gasteiger partial charge < -0.3 is 14.2 Å². The molecule has 2 heterocycles. The van der Waals surface area contributed by atoms with Crippen molar-refractivity contribution in [3.05, 3.63) is 40.3 Å². The number of fused-ring (bicyclic) bond motifs is 1. The van der Waals surface area contributed by atoms with Crippen molar-refractivity contribution in [2.24, 2.45) is 7.05 Å². The first-order valence-electron chi connectivity index (χ1n) is 7.60. The van der Waals surface area contributed by atoms with E-state index in [1.807, 2.05) is 43.7 Å². The van der Waals surface area contributed by atoms with E-state index in [-0.39, 0.29) is 5.91 Å². The number of methoxy groups -OCH3 is 1. The molecule has 0 atom stereocenters. The standard InChI is InChI=1S/C17H20N4O2S/c1-10-13-8-12(23-5)6-7-14(13)24-16(10)17(22)20(3)9-15-19-18-11(2)21(15)4/h6-8H,9H2,1-5H3. The van der Waals surface area contributed by atoms with E-state index in [2.05, 4.69) is 10.2 Å². The van der Waals surface area contributed by atoms with Gasteiger partial charge in [0.05, 0.1) is 18.5 Å². The van der Waals surface area contributed by atoms with Crippen LogP contribution in [0.1, 0.15) is 26.9 Å². The Morgan fingerprint density at radius 3 is 2.71 bits per heavy atom. The van der Waals surface area contributed by atoms with Gasteiger partial charge in [0.25, 0.3) is 5.91 Å². The van der Waals surface area contributed by atoms with Gasteiger partial charge in [-0.1, -0.05) is 0 Å². The van der Waals surface area contributed by atoms with Crippen LogP contribution in [0.4, 0.5) is 0 Å². The van der Waals surface area contributed by atoms with Gasteiger partial charge in [-0.05, 0) is 43.0 Å². The van der Waals surface area contributed by atoms with E-state index in [1.165, 1.54) is 11.3 Å². The number of benzene rings is 1. The summed E-state index contributed by atoms with van der Waals surface area (Å²) in [6, 6.07) is 5.89. The molecule has 0 spiro atoms. The van der Waals surface area contributed by atoms with E-state index in [0.717, 1.165) is 37.9 Å². The summed E-state index contributed by atoms with van der Waals surface area (Å²) in [5.74, 6) is 2.39. The molecule has 0 aliphatic carbocycles. The Bertz CT molecular complexity index is 913. The second kappa shape index (κ2) is 6.24. The van der Waals surface area contributed by atoms with Crippen LogP contribution < -0.4 is 4.74 Å². The molecule has 0 aliphatic rings. The van der Waals surface area contributed by atoms with Crippen LogP contribution in [0.25, 0.3) is 10.1 Å². The molecule has 0 N–H and O–H groups in total. The lowest BCUT2D eigenvalue weighted by atomic mass is 10.1. The van der Waals surface area contributed by atoms with Crippen LogP contribution in [0.3, 0.4) is 0 Å². The van der Waals surface area contributed by atoms with E-state index >= 15 is 0 Å². The summed E-state index contributed by atoms with van der Waals surface area (Å²) in [5.41, 5.74) is 0.986. The summed E-state index contributed by atoms with van der Waals surface area (Å²) in [7, 11) is 5.34. The molecular formula is C17H20N4O2S. The van der Waals surface area contributed by atoms with Crippen molar-refractivity contribution < 1.29 is 9.53 Å². The zero-order chi connectivity index (χ0) is 17.4. The highest BCUT2D eigenvalue weighted by Crippen LogP contribution is 2.34. The fraction of sp³-hybridized carbons (Fsp3) is 0.353. The van der Waals surface area contributed by atoms with Crippen LogP contribution in [0.5, 0.6) is 5.75 Å². The Morgan fingerprint density at radius 1 is 1.33 bits per heavy atom. The normalized spacial score (nSPS) is 11.0. The lowest BCUT2D eigenvalue weighted by Crippen LogP contribution is -2.27. The smallest absolute Gasteiger partial charge is 0.264 e. The maximum Gasteiger partial charge on any atom is 0.264 e. The summed E-state index contributed by atoms with van der Waals surface area (Å²) < 4.78 is 8.26. The minimum absolute atomic E-state index is 0.00619. The van der Waals surface area contributed by atoms with Gasteiger partial charge >= 0.3 is 0 Å². The highest BCUT2D eigenvalue weighted by atomic mass is 32.1. The number of ether oxygens (including phenoxy) is 1. The number of carbonyl (C=O) groups is 1. The van der Waals surface area contributed by atoms with Gasteiger partial charge in [-0.3, -0.25) is 4.79 Å². The Labute approximate surface area is 144 Å². The highest BCUT2D eigenvalue weighted by molar-refractivity contribution is 7.21. The number of carbonyl (C=O) groups excluding carboxylic acids is 1. The molecule has 0 saturated heterocycles. The molecule has 0 unspecified atom stereocenters. The summed E-state index contributed by atoms with van der Waals surface area (Å²) in [6.07, 6.45) is 0. The van der Waals surface area contributed by atoms with Crippen molar-refractivity contribution in [1.29, 1.82) is 0 Å². The number of amides is 1. The molecule has 3 aromatic rings. The molecule has 7 heteroatoms. The van der Waals surface area contributed by atoms with Gasteiger partial charge in [0.2, 0.25) is 0 Å². The highest BCUT2D eigenvalue weighted by Gasteiger charge is 2.21. The Morgan fingerprint density at radius 2 is 2.08 bits per heavy atom. The van der Waals surface area contributed by atoms with E-state index in [1.54, 1.807) is 19.1 Å². The van der Waals surface area contributed by atoms with Crippen molar-refractivity contribution in [3.8, 4) is 5.75 Å². The van der Waals surface area contributed by atoms with Gasteiger partial charge in [0, 0.05) is 18.8 Å². The molecule has 1 amide bonds. The quantitative estimate of drug-likeness (QED) is 0.730. The predicted molar refractivity (Wildman–Crippen MR) is 94.7 cm³/mol. The molecular weight excluding hydrogens is 324 g/mol. The number of hydrogen-bond acceptors (Lipinski definition) is 5. The zero-order valence-electron chi connectivity index (χ0n) is 14.5. The Balaban J connectivity index is 1.90. The molecule has 0 aliphatic heterocycles. The third kappa shape index (κ3) is 2.75. The molecule has 0 fully saturated rings. The number of hydrogen-bond donors (Lipinski definition) is 0. The van der Waals surface area contributed by atoms with Crippen molar-refractivity contribution in [2.45, 2.75) is 20.4 Å². The fourth-order valence-electron chi connectivity index (χ4n) is 2.58. The van der Waals surface area contributed by atoms with Gasteiger partial charge in [-0.15, -0.1) is 21.5 Å². The van der Waals surface area contributed by atoms with Crippen LogP contribution in [0.2, 0.25) is 0 Å². The number of rotatable bonds is 4. The molecule has 24 heavy (non-hydrogen) atoms. The number of aryl methyl sites for hydroxylation is 2. The van der Waals surface area contributed by atoms with Crippen LogP contribution in [0.15, 0.2) is 18.2 Å². The first-order chi connectivity index (χ1) is 11.4. The van der Waals surface area contributed by atoms with Crippen LogP contribution in [-0.4, -0.2) is 39.7 Å². The first-order valence-corrected chi connectivity index (χ1v) is 8.41. The zero-order valence-corrected chi connectivity index (χ0v) is 15.3. The van der Waals surface area contributed by atoms with Crippen molar-refractivity contribution in [3.63, 3.8) is 0 Å². The second-order valence-electron chi connectivity index (χ2n) is 5.80. The summed E-state index contributed by atoms with van der Waals surface area (Å²) in [5, 5.41) is 9.22. The molecule has 0 bridgehead atoms. The van der Waals surface area contributed by atoms with Crippen molar-refractivity contribution in [1.82, 2.24) is 19.7 Å². The molecule has 0 saturated carbocycles. The molecule has 2 aromatic heterocycles. The average Bonchev–Trinajstić information content (AvgIpc) is 3.08. The van der Waals surface area contributed by atoms with Gasteiger partial charge in [0.15, 0.2) is 5.82 Å². The lowest BCUT2D eigenvalue weighted by molar-refractivity contribution is 0.0784. The SMILES string of the molecule is COc1ccc2sc(C(=O)N(C)Cc3nnc(C)n3C)c(C)c2c1.